The van der Waals surface area contributed by atoms with E-state index in [4.69, 9.17) is 9.57 Å². The molecule has 0 spiro atoms. The molecule has 0 bridgehead atoms. The van der Waals surface area contributed by atoms with Crippen molar-refractivity contribution in [2.24, 2.45) is 5.16 Å². The normalized spacial score (nSPS) is 22.9. The van der Waals surface area contributed by atoms with E-state index in [1.54, 1.807) is 17.9 Å². The van der Waals surface area contributed by atoms with Crippen molar-refractivity contribution in [3.63, 3.8) is 0 Å². The number of oxime groups is 1. The molecular formula is C26H35N2O9P. The largest absolute Gasteiger partial charge is 0.524 e. The summed E-state index contributed by atoms with van der Waals surface area (Å²) in [7, 11) is -4.94. The molecule has 38 heavy (non-hydrogen) atoms. The zero-order valence-corrected chi connectivity index (χ0v) is 22.6. The second kappa shape index (κ2) is 13.6. The number of phenolic OH excluding ortho intramolecular Hbond substituents is 1. The van der Waals surface area contributed by atoms with Gasteiger partial charge in [-0.2, -0.15) is 0 Å². The summed E-state index contributed by atoms with van der Waals surface area (Å²) in [5.74, 6) is -1.87. The van der Waals surface area contributed by atoms with E-state index in [9.17, 15) is 29.0 Å². The summed E-state index contributed by atoms with van der Waals surface area (Å²) >= 11 is 0. The number of carbonyl (C=O) groups excluding carboxylic acids is 2. The van der Waals surface area contributed by atoms with Gasteiger partial charge in [0, 0.05) is 32.0 Å². The minimum Gasteiger partial charge on any atom is -0.507 e. The van der Waals surface area contributed by atoms with Crippen molar-refractivity contribution in [2.75, 3.05) is 19.7 Å². The van der Waals surface area contributed by atoms with Crippen LogP contribution in [-0.2, 0) is 25.4 Å². The molecule has 2 heterocycles. The number of benzene rings is 1. The van der Waals surface area contributed by atoms with Crippen LogP contribution in [-0.4, -0.2) is 63.2 Å². The number of cyclic esters (lactones) is 1. The third-order valence-electron chi connectivity index (χ3n) is 6.11. The Kier molecular flexibility index (Phi) is 10.5. The third kappa shape index (κ3) is 9.31. The highest BCUT2D eigenvalue weighted by atomic mass is 31.2. The number of piperidine rings is 1. The van der Waals surface area contributed by atoms with Gasteiger partial charge in [-0.3, -0.25) is 14.6 Å². The van der Waals surface area contributed by atoms with Crippen LogP contribution in [0.15, 0.2) is 41.1 Å². The van der Waals surface area contributed by atoms with Gasteiger partial charge < -0.3 is 24.1 Å². The number of phosphoric ester groups is 1. The summed E-state index contributed by atoms with van der Waals surface area (Å²) in [4.78, 5) is 51.1. The van der Waals surface area contributed by atoms with Crippen molar-refractivity contribution in [3.8, 4) is 11.5 Å². The van der Waals surface area contributed by atoms with Gasteiger partial charge in [-0.1, -0.05) is 22.9 Å². The first-order valence-corrected chi connectivity index (χ1v) is 14.2. The van der Waals surface area contributed by atoms with Gasteiger partial charge in [0.25, 0.3) is 5.91 Å². The highest BCUT2D eigenvalue weighted by Crippen LogP contribution is 2.40. The van der Waals surface area contributed by atoms with E-state index in [-0.39, 0.29) is 35.8 Å². The zero-order valence-electron chi connectivity index (χ0n) is 21.7. The average molecular weight is 551 g/mol. The molecule has 12 heteroatoms. The first-order valence-electron chi connectivity index (χ1n) is 12.6. The Hall–Kier alpha value is -3.14. The van der Waals surface area contributed by atoms with Gasteiger partial charge in [0.2, 0.25) is 0 Å². The van der Waals surface area contributed by atoms with Crippen LogP contribution in [0.4, 0.5) is 0 Å². The molecule has 1 aromatic carbocycles. The molecule has 3 N–H and O–H groups in total. The highest BCUT2D eigenvalue weighted by Gasteiger charge is 2.25. The van der Waals surface area contributed by atoms with Gasteiger partial charge in [0.15, 0.2) is 6.61 Å². The van der Waals surface area contributed by atoms with E-state index >= 15 is 0 Å². The Morgan fingerprint density at radius 1 is 1.21 bits per heavy atom. The summed E-state index contributed by atoms with van der Waals surface area (Å²) in [6, 6.07) is 2.18. The first kappa shape index (κ1) is 29.4. The third-order valence-corrected chi connectivity index (χ3v) is 6.56. The van der Waals surface area contributed by atoms with Gasteiger partial charge in [-0.05, 0) is 63.7 Å². The second-order valence-electron chi connectivity index (χ2n) is 9.49. The first-order chi connectivity index (χ1) is 18.0. The predicted molar refractivity (Wildman–Crippen MR) is 140 cm³/mol. The fourth-order valence-electron chi connectivity index (χ4n) is 4.29. The maximum atomic E-state index is 13.0. The topological polar surface area (TPSA) is 155 Å². The number of likely N-dealkylation sites (tertiary alicyclic amines) is 1. The Bertz CT molecular complexity index is 1150. The molecule has 1 aromatic rings. The number of esters is 1. The molecule has 2 aliphatic rings. The minimum atomic E-state index is -4.94. The maximum Gasteiger partial charge on any atom is 0.524 e. The van der Waals surface area contributed by atoms with Crippen LogP contribution in [0.2, 0.25) is 0 Å². The Morgan fingerprint density at radius 3 is 2.66 bits per heavy atom. The molecule has 1 saturated heterocycles. The molecule has 0 unspecified atom stereocenters. The van der Waals surface area contributed by atoms with Crippen molar-refractivity contribution in [2.45, 2.75) is 64.9 Å². The van der Waals surface area contributed by atoms with Gasteiger partial charge >= 0.3 is 13.8 Å². The smallest absolute Gasteiger partial charge is 0.507 e. The molecule has 0 radical (unpaired) electrons. The van der Waals surface area contributed by atoms with E-state index in [1.165, 1.54) is 6.07 Å². The lowest BCUT2D eigenvalue weighted by atomic mass is 9.98. The SMILES string of the molecule is C/C1=C\C(=N/OCC(=O)N2CCCCC2)Cc2cc(OP(=O)(O)O)cc(O)c2C(=O)O[C@H](C)C/C=C/CC1. The van der Waals surface area contributed by atoms with Crippen molar-refractivity contribution in [1.29, 1.82) is 0 Å². The minimum absolute atomic E-state index is 0.0736. The second-order valence-corrected chi connectivity index (χ2v) is 10.6. The van der Waals surface area contributed by atoms with Crippen LogP contribution in [0.25, 0.3) is 0 Å². The van der Waals surface area contributed by atoms with E-state index in [1.807, 2.05) is 19.1 Å². The molecule has 1 atom stereocenters. The van der Waals surface area contributed by atoms with Gasteiger partial charge in [-0.25, -0.2) is 9.36 Å². The Balaban J connectivity index is 1.96. The van der Waals surface area contributed by atoms with Crippen molar-refractivity contribution < 1.29 is 43.1 Å². The number of amides is 1. The van der Waals surface area contributed by atoms with Crippen LogP contribution in [0.5, 0.6) is 11.5 Å². The molecule has 0 saturated carbocycles. The molecule has 1 amide bonds. The quantitative estimate of drug-likeness (QED) is 0.213. The zero-order chi connectivity index (χ0) is 27.7. The number of rotatable bonds is 5. The summed E-state index contributed by atoms with van der Waals surface area (Å²) in [6.45, 7) is 4.75. The molecular weight excluding hydrogens is 515 g/mol. The predicted octanol–water partition coefficient (Wildman–Crippen LogP) is 4.02. The van der Waals surface area contributed by atoms with Crippen LogP contribution >= 0.6 is 7.82 Å². The number of fused-ring (bicyclic) bond motifs is 1. The number of phosphoric acid groups is 1. The van der Waals surface area contributed by atoms with Crippen molar-refractivity contribution >= 4 is 25.4 Å². The molecule has 208 valence electrons. The Labute approximate surface area is 222 Å². The number of nitrogens with zero attached hydrogens (tertiary/aromatic N) is 2. The van der Waals surface area contributed by atoms with Gasteiger partial charge in [0.1, 0.15) is 23.2 Å². The fourth-order valence-corrected chi connectivity index (χ4v) is 4.67. The summed E-state index contributed by atoms with van der Waals surface area (Å²) in [5, 5.41) is 14.8. The summed E-state index contributed by atoms with van der Waals surface area (Å²) in [5.41, 5.74) is 1.27. The van der Waals surface area contributed by atoms with E-state index in [2.05, 4.69) is 9.68 Å². The highest BCUT2D eigenvalue weighted by molar-refractivity contribution is 7.46. The molecule has 2 aliphatic heterocycles. The standard InChI is InChI=1S/C26H35N2O9P/c1-18-9-5-3-6-10-19(2)36-26(31)25-20(15-22(16-23(25)29)37-38(32,33)34)14-21(13-18)27-35-17-24(30)28-11-7-4-8-12-28/h3,6,13,15-16,19,29H,4-5,7-12,14,17H2,1-2H3,(H2,32,33,34)/b6-3+,18-13+,27-21+/t19-/m1/s1. The molecule has 1 fully saturated rings. The van der Waals surface area contributed by atoms with E-state index in [0.717, 1.165) is 43.7 Å². The number of phenols is 1. The lowest BCUT2D eigenvalue weighted by molar-refractivity contribution is -0.137. The molecule has 11 nitrogen and oxygen atoms in total. The summed E-state index contributed by atoms with van der Waals surface area (Å²) < 4.78 is 21.6. The van der Waals surface area contributed by atoms with E-state index in [0.29, 0.717) is 25.2 Å². The average Bonchev–Trinajstić information content (AvgIpc) is 2.82. The van der Waals surface area contributed by atoms with Crippen molar-refractivity contribution in [1.82, 2.24) is 4.90 Å². The number of hydrogen-bond acceptors (Lipinski definition) is 8. The lowest BCUT2D eigenvalue weighted by Gasteiger charge is -2.26. The maximum absolute atomic E-state index is 13.0. The van der Waals surface area contributed by atoms with Crippen molar-refractivity contribution in [3.05, 3.63) is 47.1 Å². The van der Waals surface area contributed by atoms with Crippen LogP contribution < -0.4 is 4.52 Å². The molecule has 3 rings (SSSR count). The monoisotopic (exact) mass is 550 g/mol. The van der Waals surface area contributed by atoms with Gasteiger partial charge in [-0.15, -0.1) is 0 Å². The number of aromatic hydroxyl groups is 1. The molecule has 0 aliphatic carbocycles. The Morgan fingerprint density at radius 2 is 1.95 bits per heavy atom. The van der Waals surface area contributed by atoms with Gasteiger partial charge in [0.05, 0.1) is 5.71 Å². The van der Waals surface area contributed by atoms with E-state index < -0.39 is 25.6 Å². The number of hydrogen-bond donors (Lipinski definition) is 3. The fraction of sp³-hybridized carbons (Fsp3) is 0.500. The van der Waals surface area contributed by atoms with Crippen LogP contribution in [0.1, 0.15) is 68.3 Å². The van der Waals surface area contributed by atoms with Crippen LogP contribution in [0.3, 0.4) is 0 Å². The summed E-state index contributed by atoms with van der Waals surface area (Å²) in [6.07, 6.45) is 10.1. The number of carbonyl (C=O) groups is 2. The van der Waals surface area contributed by atoms with Crippen LogP contribution in [0, 0.1) is 0 Å². The number of allylic oxidation sites excluding steroid dienone is 3. The number of ether oxygens (including phenoxy) is 1. The lowest BCUT2D eigenvalue weighted by Crippen LogP contribution is -2.37. The molecule has 0 aromatic heterocycles.